The number of amides is 3. The molecule has 0 saturated carbocycles. The van der Waals surface area contributed by atoms with Crippen LogP contribution in [0.3, 0.4) is 0 Å². The van der Waals surface area contributed by atoms with Gasteiger partial charge < -0.3 is 5.32 Å². The molecule has 2 atom stereocenters. The van der Waals surface area contributed by atoms with E-state index >= 15 is 0 Å². The maximum absolute atomic E-state index is 13.6. The highest BCUT2D eigenvalue weighted by Crippen LogP contribution is 2.40. The molecule has 38 heavy (non-hydrogen) atoms. The summed E-state index contributed by atoms with van der Waals surface area (Å²) in [6, 6.07) is 33.3. The molecule has 1 heterocycles. The minimum Gasteiger partial charge on any atom is -0.344 e. The van der Waals surface area contributed by atoms with Gasteiger partial charge in [-0.3, -0.25) is 19.8 Å². The third-order valence-corrected chi connectivity index (χ3v) is 6.96. The van der Waals surface area contributed by atoms with E-state index in [2.05, 4.69) is 10.7 Å². The molecule has 3 amide bonds. The Balaban J connectivity index is 1.39. The van der Waals surface area contributed by atoms with E-state index in [1.807, 2.05) is 116 Å². The smallest absolute Gasteiger partial charge is 0.261 e. The van der Waals surface area contributed by atoms with Gasteiger partial charge in [0.15, 0.2) is 0 Å². The minimum atomic E-state index is -0.890. The van der Waals surface area contributed by atoms with Crippen LogP contribution in [0.15, 0.2) is 109 Å². The molecule has 1 aliphatic heterocycles. The van der Waals surface area contributed by atoms with Crippen LogP contribution in [0.1, 0.15) is 42.4 Å². The van der Waals surface area contributed by atoms with Crippen LogP contribution < -0.4 is 15.8 Å². The lowest BCUT2D eigenvalue weighted by molar-refractivity contribution is -0.130. The van der Waals surface area contributed by atoms with E-state index in [0.717, 1.165) is 27.8 Å². The fourth-order valence-electron chi connectivity index (χ4n) is 4.93. The normalized spacial score (nSPS) is 15.2. The van der Waals surface area contributed by atoms with Crippen molar-refractivity contribution in [3.63, 3.8) is 0 Å². The van der Waals surface area contributed by atoms with Crippen molar-refractivity contribution in [1.29, 1.82) is 0 Å². The van der Waals surface area contributed by atoms with E-state index in [0.29, 0.717) is 5.69 Å². The molecule has 0 saturated heterocycles. The Hall–Kier alpha value is -4.71. The van der Waals surface area contributed by atoms with Gasteiger partial charge in [-0.25, -0.2) is 5.01 Å². The SMILES string of the molecule is CC1C(=O)N(NC(=O)[C@H](C)NC(=O)C(c2ccccc2)c2ccccc2)c2ccccc2-c2ccccc21. The first-order valence-corrected chi connectivity index (χ1v) is 12.7. The summed E-state index contributed by atoms with van der Waals surface area (Å²) in [5.74, 6) is -2.08. The number of rotatable bonds is 6. The average molecular weight is 504 g/mol. The topological polar surface area (TPSA) is 78.5 Å². The molecule has 1 unspecified atom stereocenters. The summed E-state index contributed by atoms with van der Waals surface area (Å²) in [6.07, 6.45) is 0. The number of hydrogen-bond donors (Lipinski definition) is 2. The molecule has 0 radical (unpaired) electrons. The van der Waals surface area contributed by atoms with E-state index in [4.69, 9.17) is 0 Å². The van der Waals surface area contributed by atoms with Gasteiger partial charge in [0.1, 0.15) is 6.04 Å². The number of nitrogens with one attached hydrogen (secondary N) is 2. The number of carbonyl (C=O) groups is 3. The first-order valence-electron chi connectivity index (χ1n) is 12.7. The monoisotopic (exact) mass is 503 g/mol. The highest BCUT2D eigenvalue weighted by atomic mass is 16.2. The summed E-state index contributed by atoms with van der Waals surface area (Å²) in [7, 11) is 0. The van der Waals surface area contributed by atoms with Crippen LogP contribution in [-0.2, 0) is 14.4 Å². The molecule has 5 rings (SSSR count). The minimum absolute atomic E-state index is 0.249. The van der Waals surface area contributed by atoms with Crippen LogP contribution >= 0.6 is 0 Å². The first-order chi connectivity index (χ1) is 18.5. The number of hydrazine groups is 1. The molecular formula is C32H29N3O3. The predicted octanol–water partition coefficient (Wildman–Crippen LogP) is 5.17. The molecule has 0 aromatic heterocycles. The van der Waals surface area contributed by atoms with Crippen LogP contribution in [-0.4, -0.2) is 23.8 Å². The van der Waals surface area contributed by atoms with Crippen LogP contribution in [0, 0.1) is 0 Å². The third kappa shape index (κ3) is 4.81. The summed E-state index contributed by atoms with van der Waals surface area (Å²) in [5.41, 5.74) is 7.73. The number of carbonyl (C=O) groups excluding carboxylic acids is 3. The van der Waals surface area contributed by atoms with Gasteiger partial charge in [0.05, 0.1) is 17.5 Å². The lowest BCUT2D eigenvalue weighted by atomic mass is 9.90. The van der Waals surface area contributed by atoms with Crippen molar-refractivity contribution in [3.05, 3.63) is 126 Å². The predicted molar refractivity (Wildman–Crippen MR) is 148 cm³/mol. The molecule has 6 heteroatoms. The van der Waals surface area contributed by atoms with Crippen molar-refractivity contribution in [2.75, 3.05) is 5.01 Å². The summed E-state index contributed by atoms with van der Waals surface area (Å²) >= 11 is 0. The number of para-hydroxylation sites is 1. The van der Waals surface area contributed by atoms with Gasteiger partial charge >= 0.3 is 0 Å². The standard InChI is InChI=1S/C32H29N3O3/c1-21-25-17-9-10-18-26(25)27-19-11-12-20-28(27)35(32(21)38)34-30(36)22(2)33-31(37)29(23-13-5-3-6-14-23)24-15-7-4-8-16-24/h3-22,29H,1-2H3,(H,33,37)(H,34,36)/t21?,22-/m0/s1. The van der Waals surface area contributed by atoms with Crippen molar-refractivity contribution in [3.8, 4) is 11.1 Å². The van der Waals surface area contributed by atoms with Gasteiger partial charge in [-0.1, -0.05) is 103 Å². The molecule has 2 N–H and O–H groups in total. The van der Waals surface area contributed by atoms with E-state index in [9.17, 15) is 14.4 Å². The largest absolute Gasteiger partial charge is 0.344 e. The highest BCUT2D eigenvalue weighted by molar-refractivity contribution is 6.07. The van der Waals surface area contributed by atoms with Gasteiger partial charge in [0, 0.05) is 5.56 Å². The molecule has 190 valence electrons. The molecule has 4 aromatic rings. The Morgan fingerprint density at radius 3 is 1.87 bits per heavy atom. The Labute approximate surface area is 222 Å². The second kappa shape index (κ2) is 10.7. The molecular weight excluding hydrogens is 474 g/mol. The third-order valence-electron chi connectivity index (χ3n) is 6.96. The number of benzene rings is 4. The fourth-order valence-corrected chi connectivity index (χ4v) is 4.93. The quantitative estimate of drug-likeness (QED) is 0.381. The second-order valence-corrected chi connectivity index (χ2v) is 9.46. The van der Waals surface area contributed by atoms with Crippen LogP contribution in [0.2, 0.25) is 0 Å². The maximum Gasteiger partial charge on any atom is 0.261 e. The molecule has 0 spiro atoms. The fraction of sp³-hybridized carbons (Fsp3) is 0.156. The van der Waals surface area contributed by atoms with Gasteiger partial charge in [-0.15, -0.1) is 0 Å². The molecule has 0 aliphatic carbocycles. The first kappa shape index (κ1) is 25.0. The van der Waals surface area contributed by atoms with Crippen molar-refractivity contribution in [2.45, 2.75) is 31.7 Å². The summed E-state index contributed by atoms with van der Waals surface area (Å²) in [4.78, 5) is 40.4. The zero-order chi connectivity index (χ0) is 26.6. The lowest BCUT2D eigenvalue weighted by Crippen LogP contribution is -2.54. The molecule has 0 bridgehead atoms. The number of fused-ring (bicyclic) bond motifs is 3. The Morgan fingerprint density at radius 2 is 1.24 bits per heavy atom. The Morgan fingerprint density at radius 1 is 0.711 bits per heavy atom. The number of nitrogens with zero attached hydrogens (tertiary/aromatic N) is 1. The summed E-state index contributed by atoms with van der Waals surface area (Å²) in [5, 5.41) is 4.18. The van der Waals surface area contributed by atoms with E-state index in [-0.39, 0.29) is 11.8 Å². The van der Waals surface area contributed by atoms with Crippen molar-refractivity contribution in [2.24, 2.45) is 0 Å². The molecule has 0 fully saturated rings. The Bertz CT molecular complexity index is 1430. The van der Waals surface area contributed by atoms with Gasteiger partial charge in [-0.2, -0.15) is 0 Å². The number of anilines is 1. The molecule has 4 aromatic carbocycles. The Kier molecular flexibility index (Phi) is 7.05. The van der Waals surface area contributed by atoms with Crippen molar-refractivity contribution in [1.82, 2.24) is 10.7 Å². The molecule has 6 nitrogen and oxygen atoms in total. The number of hydrogen-bond acceptors (Lipinski definition) is 3. The molecule has 1 aliphatic rings. The summed E-state index contributed by atoms with van der Waals surface area (Å²) < 4.78 is 0. The maximum atomic E-state index is 13.6. The second-order valence-electron chi connectivity index (χ2n) is 9.46. The zero-order valence-corrected chi connectivity index (χ0v) is 21.3. The van der Waals surface area contributed by atoms with Gasteiger partial charge in [0.25, 0.3) is 11.8 Å². The van der Waals surface area contributed by atoms with E-state index in [1.165, 1.54) is 5.01 Å². The van der Waals surface area contributed by atoms with Gasteiger partial charge in [-0.05, 0) is 42.2 Å². The van der Waals surface area contributed by atoms with Gasteiger partial charge in [0.2, 0.25) is 5.91 Å². The van der Waals surface area contributed by atoms with Crippen LogP contribution in [0.4, 0.5) is 5.69 Å². The summed E-state index contributed by atoms with van der Waals surface area (Å²) in [6.45, 7) is 3.45. The lowest BCUT2D eigenvalue weighted by Gasteiger charge is -2.27. The highest BCUT2D eigenvalue weighted by Gasteiger charge is 2.33. The zero-order valence-electron chi connectivity index (χ0n) is 21.3. The van der Waals surface area contributed by atoms with Crippen LogP contribution in [0.25, 0.3) is 11.1 Å². The van der Waals surface area contributed by atoms with Crippen molar-refractivity contribution >= 4 is 23.4 Å². The van der Waals surface area contributed by atoms with Crippen LogP contribution in [0.5, 0.6) is 0 Å². The van der Waals surface area contributed by atoms with Crippen molar-refractivity contribution < 1.29 is 14.4 Å². The van der Waals surface area contributed by atoms with E-state index in [1.54, 1.807) is 6.92 Å². The van der Waals surface area contributed by atoms with E-state index < -0.39 is 23.8 Å². The average Bonchev–Trinajstić information content (AvgIpc) is 3.04.